The number of nitrogens with zero attached hydrogens (tertiary/aromatic N) is 1. The van der Waals surface area contributed by atoms with E-state index in [0.29, 0.717) is 0 Å². The van der Waals surface area contributed by atoms with Crippen molar-refractivity contribution in [2.45, 2.75) is 25.4 Å². The lowest BCUT2D eigenvalue weighted by atomic mass is 9.89. The van der Waals surface area contributed by atoms with Crippen LogP contribution in [0.3, 0.4) is 0 Å². The predicted molar refractivity (Wildman–Crippen MR) is 77.9 cm³/mol. The summed E-state index contributed by atoms with van der Waals surface area (Å²) in [5.41, 5.74) is 1.93. The van der Waals surface area contributed by atoms with E-state index in [1.54, 1.807) is 0 Å². The fourth-order valence-electron chi connectivity index (χ4n) is 3.02. The summed E-state index contributed by atoms with van der Waals surface area (Å²) in [7, 11) is 0. The molecule has 0 bridgehead atoms. The number of likely N-dealkylation sites (tertiary alicyclic amines) is 1. The van der Waals surface area contributed by atoms with E-state index in [1.807, 2.05) is 36.1 Å². The molecule has 4 heteroatoms. The first-order chi connectivity index (χ1) is 9.69. The van der Waals surface area contributed by atoms with E-state index in [4.69, 9.17) is 4.74 Å². The fourth-order valence-corrected chi connectivity index (χ4v) is 3.02. The first-order valence-corrected chi connectivity index (χ1v) is 7.39. The van der Waals surface area contributed by atoms with Crippen LogP contribution in [0, 0.1) is 6.92 Å². The van der Waals surface area contributed by atoms with Crippen LogP contribution in [0.1, 0.15) is 28.8 Å². The molecule has 4 nitrogen and oxygen atoms in total. The zero-order chi connectivity index (χ0) is 14.0. The number of carbonyl (C=O) groups excluding carboxylic acids is 1. The number of piperidine rings is 1. The summed E-state index contributed by atoms with van der Waals surface area (Å²) in [5, 5.41) is 3.40. The van der Waals surface area contributed by atoms with E-state index in [-0.39, 0.29) is 11.5 Å². The fraction of sp³-hybridized carbons (Fsp3) is 0.562. The Hall–Kier alpha value is -1.39. The van der Waals surface area contributed by atoms with Crippen molar-refractivity contribution in [3.63, 3.8) is 0 Å². The molecule has 0 aromatic heterocycles. The van der Waals surface area contributed by atoms with Gasteiger partial charge in [0.15, 0.2) is 0 Å². The van der Waals surface area contributed by atoms with E-state index in [2.05, 4.69) is 5.32 Å². The number of aryl methyl sites for hydroxylation is 1. The molecule has 2 fully saturated rings. The Morgan fingerprint density at radius 2 is 1.95 bits per heavy atom. The number of benzene rings is 1. The second-order valence-electron chi connectivity index (χ2n) is 5.87. The topological polar surface area (TPSA) is 41.6 Å². The molecule has 20 heavy (non-hydrogen) atoms. The zero-order valence-corrected chi connectivity index (χ0v) is 12.0. The van der Waals surface area contributed by atoms with E-state index in [1.165, 1.54) is 5.56 Å². The van der Waals surface area contributed by atoms with Gasteiger partial charge in [-0.2, -0.15) is 0 Å². The van der Waals surface area contributed by atoms with Gasteiger partial charge < -0.3 is 15.0 Å². The molecular formula is C16H22N2O2. The highest BCUT2D eigenvalue weighted by molar-refractivity contribution is 5.94. The lowest BCUT2D eigenvalue weighted by Gasteiger charge is -2.44. The van der Waals surface area contributed by atoms with Gasteiger partial charge in [-0.25, -0.2) is 0 Å². The third kappa shape index (κ3) is 2.72. The Kier molecular flexibility index (Phi) is 3.76. The summed E-state index contributed by atoms with van der Waals surface area (Å²) in [6.45, 7) is 6.24. The van der Waals surface area contributed by atoms with Crippen LogP contribution in [0.25, 0.3) is 0 Å². The van der Waals surface area contributed by atoms with Crippen LogP contribution in [-0.2, 0) is 4.74 Å². The molecule has 0 unspecified atom stereocenters. The SMILES string of the molecule is Cc1ccc(C(=O)N2CCC3(CC2)CNCCO3)cc1. The van der Waals surface area contributed by atoms with Gasteiger partial charge in [0.05, 0.1) is 12.2 Å². The van der Waals surface area contributed by atoms with E-state index >= 15 is 0 Å². The van der Waals surface area contributed by atoms with Gasteiger partial charge in [-0.15, -0.1) is 0 Å². The van der Waals surface area contributed by atoms with E-state index in [9.17, 15) is 4.79 Å². The predicted octanol–water partition coefficient (Wildman–Crippen LogP) is 1.59. The highest BCUT2D eigenvalue weighted by atomic mass is 16.5. The third-order valence-electron chi connectivity index (χ3n) is 4.39. The standard InChI is InChI=1S/C16H22N2O2/c1-13-2-4-14(5-3-13)15(19)18-9-6-16(7-10-18)12-17-8-11-20-16/h2-5,17H,6-12H2,1H3. The van der Waals surface area contributed by atoms with Crippen molar-refractivity contribution in [1.29, 1.82) is 0 Å². The molecule has 2 heterocycles. The van der Waals surface area contributed by atoms with Crippen LogP contribution in [0.5, 0.6) is 0 Å². The van der Waals surface area contributed by atoms with Crippen LogP contribution in [0.4, 0.5) is 0 Å². The van der Waals surface area contributed by atoms with Crippen molar-refractivity contribution in [1.82, 2.24) is 10.2 Å². The number of hydrogen-bond donors (Lipinski definition) is 1. The van der Waals surface area contributed by atoms with Crippen LogP contribution in [-0.4, -0.2) is 49.2 Å². The average Bonchev–Trinajstić information content (AvgIpc) is 2.49. The molecule has 1 amide bonds. The summed E-state index contributed by atoms with van der Waals surface area (Å²) < 4.78 is 5.96. The highest BCUT2D eigenvalue weighted by Gasteiger charge is 2.38. The van der Waals surface area contributed by atoms with Crippen molar-refractivity contribution in [2.24, 2.45) is 0 Å². The van der Waals surface area contributed by atoms with Crippen molar-refractivity contribution in [3.05, 3.63) is 35.4 Å². The number of hydrogen-bond acceptors (Lipinski definition) is 3. The molecule has 3 rings (SSSR count). The van der Waals surface area contributed by atoms with Gasteiger partial charge in [-0.05, 0) is 31.9 Å². The van der Waals surface area contributed by atoms with Gasteiger partial charge in [-0.1, -0.05) is 17.7 Å². The van der Waals surface area contributed by atoms with Crippen molar-refractivity contribution in [3.8, 4) is 0 Å². The molecule has 108 valence electrons. The average molecular weight is 274 g/mol. The summed E-state index contributed by atoms with van der Waals surface area (Å²) in [5.74, 6) is 0.142. The van der Waals surface area contributed by atoms with E-state index in [0.717, 1.165) is 51.2 Å². The largest absolute Gasteiger partial charge is 0.372 e. The minimum absolute atomic E-state index is 0.0394. The van der Waals surface area contributed by atoms with Crippen molar-refractivity contribution < 1.29 is 9.53 Å². The molecule has 1 aromatic rings. The van der Waals surface area contributed by atoms with Gasteiger partial charge in [0, 0.05) is 31.7 Å². The van der Waals surface area contributed by atoms with Crippen LogP contribution in [0.15, 0.2) is 24.3 Å². The molecule has 2 aliphatic rings. The highest BCUT2D eigenvalue weighted by Crippen LogP contribution is 2.28. The zero-order valence-electron chi connectivity index (χ0n) is 12.0. The molecule has 0 saturated carbocycles. The quantitative estimate of drug-likeness (QED) is 0.845. The monoisotopic (exact) mass is 274 g/mol. The number of carbonyl (C=O) groups is 1. The summed E-state index contributed by atoms with van der Waals surface area (Å²) in [4.78, 5) is 14.4. The molecule has 2 saturated heterocycles. The Bertz CT molecular complexity index is 468. The second kappa shape index (κ2) is 5.54. The molecule has 0 aliphatic carbocycles. The molecule has 0 atom stereocenters. The number of morpholine rings is 1. The normalized spacial score (nSPS) is 21.9. The lowest BCUT2D eigenvalue weighted by Crippen LogP contribution is -2.56. The van der Waals surface area contributed by atoms with Gasteiger partial charge in [0.25, 0.3) is 5.91 Å². The Balaban J connectivity index is 1.62. The Morgan fingerprint density at radius 3 is 2.55 bits per heavy atom. The number of rotatable bonds is 1. The molecule has 1 spiro atoms. The van der Waals surface area contributed by atoms with Gasteiger partial charge >= 0.3 is 0 Å². The van der Waals surface area contributed by atoms with E-state index < -0.39 is 0 Å². The maximum atomic E-state index is 12.5. The Labute approximate surface area is 120 Å². The maximum absolute atomic E-state index is 12.5. The molecule has 1 aromatic carbocycles. The minimum atomic E-state index is -0.0394. The first kappa shape index (κ1) is 13.6. The molecule has 1 N–H and O–H groups in total. The smallest absolute Gasteiger partial charge is 0.253 e. The summed E-state index contributed by atoms with van der Waals surface area (Å²) in [6, 6.07) is 7.82. The van der Waals surface area contributed by atoms with Crippen molar-refractivity contribution >= 4 is 5.91 Å². The number of ether oxygens (including phenoxy) is 1. The third-order valence-corrected chi connectivity index (χ3v) is 4.39. The van der Waals surface area contributed by atoms with Crippen LogP contribution < -0.4 is 5.32 Å². The second-order valence-corrected chi connectivity index (χ2v) is 5.87. The Morgan fingerprint density at radius 1 is 1.25 bits per heavy atom. The van der Waals surface area contributed by atoms with Crippen molar-refractivity contribution in [2.75, 3.05) is 32.8 Å². The van der Waals surface area contributed by atoms with Gasteiger partial charge in [0.2, 0.25) is 0 Å². The lowest BCUT2D eigenvalue weighted by molar-refractivity contribution is -0.0954. The molecular weight excluding hydrogens is 252 g/mol. The molecule has 0 radical (unpaired) electrons. The maximum Gasteiger partial charge on any atom is 0.253 e. The number of nitrogens with one attached hydrogen (secondary N) is 1. The van der Waals surface area contributed by atoms with Crippen LogP contribution >= 0.6 is 0 Å². The van der Waals surface area contributed by atoms with Gasteiger partial charge in [-0.3, -0.25) is 4.79 Å². The number of amides is 1. The minimum Gasteiger partial charge on any atom is -0.372 e. The summed E-state index contributed by atoms with van der Waals surface area (Å²) >= 11 is 0. The van der Waals surface area contributed by atoms with Crippen LogP contribution in [0.2, 0.25) is 0 Å². The van der Waals surface area contributed by atoms with Gasteiger partial charge in [0.1, 0.15) is 0 Å². The molecule has 2 aliphatic heterocycles. The summed E-state index contributed by atoms with van der Waals surface area (Å²) in [6.07, 6.45) is 1.86. The first-order valence-electron chi connectivity index (χ1n) is 7.39.